The van der Waals surface area contributed by atoms with Crippen molar-refractivity contribution in [3.63, 3.8) is 0 Å². The number of nitrogens with zero attached hydrogens (tertiary/aromatic N) is 1. The lowest BCUT2D eigenvalue weighted by Gasteiger charge is -2.20. The fourth-order valence-electron chi connectivity index (χ4n) is 3.04. The van der Waals surface area contributed by atoms with E-state index >= 15 is 0 Å². The Balaban J connectivity index is 2.13. The first-order valence-corrected chi connectivity index (χ1v) is 6.96. The molecule has 4 nitrogen and oxygen atoms in total. The highest BCUT2D eigenvalue weighted by molar-refractivity contribution is 7.71. The maximum absolute atomic E-state index is 5.59. The van der Waals surface area contributed by atoms with Crippen LogP contribution < -0.4 is 4.74 Å². The van der Waals surface area contributed by atoms with Crippen molar-refractivity contribution in [2.24, 2.45) is 0 Å². The molecule has 1 fully saturated rings. The van der Waals surface area contributed by atoms with Gasteiger partial charge in [0.1, 0.15) is 5.75 Å². The van der Waals surface area contributed by atoms with Crippen LogP contribution in [0, 0.1) is 4.77 Å². The molecular weight excluding hydrogens is 260 g/mol. The van der Waals surface area contributed by atoms with Gasteiger partial charge in [0.15, 0.2) is 4.77 Å². The first-order valence-electron chi connectivity index (χ1n) is 6.55. The van der Waals surface area contributed by atoms with Crippen LogP contribution in [0.1, 0.15) is 25.3 Å². The van der Waals surface area contributed by atoms with E-state index in [1.807, 2.05) is 12.1 Å². The molecule has 1 aliphatic carbocycles. The number of imidazole rings is 1. The van der Waals surface area contributed by atoms with Gasteiger partial charge >= 0.3 is 0 Å². The lowest BCUT2D eigenvalue weighted by atomic mass is 10.2. The summed E-state index contributed by atoms with van der Waals surface area (Å²) >= 11 is 5.48. The van der Waals surface area contributed by atoms with Gasteiger partial charge in [-0.1, -0.05) is 0 Å². The van der Waals surface area contributed by atoms with Gasteiger partial charge in [0, 0.05) is 13.2 Å². The highest BCUT2D eigenvalue weighted by Crippen LogP contribution is 2.35. The number of hydrogen-bond acceptors (Lipinski definition) is 3. The average Bonchev–Trinajstić information content (AvgIpc) is 2.99. The number of H-pyrrole nitrogens is 1. The molecule has 0 saturated heterocycles. The Labute approximate surface area is 117 Å². The second kappa shape index (κ2) is 4.98. The molecule has 102 valence electrons. The topological polar surface area (TPSA) is 39.2 Å². The van der Waals surface area contributed by atoms with E-state index in [-0.39, 0.29) is 6.10 Å². The lowest BCUT2D eigenvalue weighted by Crippen LogP contribution is -2.20. The van der Waals surface area contributed by atoms with Gasteiger partial charge in [-0.25, -0.2) is 0 Å². The largest absolute Gasteiger partial charge is 0.497 e. The van der Waals surface area contributed by atoms with Gasteiger partial charge in [-0.15, -0.1) is 0 Å². The summed E-state index contributed by atoms with van der Waals surface area (Å²) in [5.74, 6) is 0.839. The summed E-state index contributed by atoms with van der Waals surface area (Å²) in [6, 6.07) is 6.35. The number of methoxy groups -OCH3 is 2. The summed E-state index contributed by atoms with van der Waals surface area (Å²) in [4.78, 5) is 3.27. The molecule has 2 aromatic rings. The summed E-state index contributed by atoms with van der Waals surface area (Å²) in [6.45, 7) is 0. The van der Waals surface area contributed by atoms with Crippen molar-refractivity contribution >= 4 is 23.3 Å². The molecule has 1 aromatic heterocycles. The number of fused-ring (bicyclic) bond motifs is 1. The quantitative estimate of drug-likeness (QED) is 0.874. The molecule has 0 radical (unpaired) electrons. The van der Waals surface area contributed by atoms with E-state index in [0.29, 0.717) is 6.04 Å². The first kappa shape index (κ1) is 12.7. The number of hydrogen-bond donors (Lipinski definition) is 1. The lowest BCUT2D eigenvalue weighted by molar-refractivity contribution is 0.0758. The monoisotopic (exact) mass is 278 g/mol. The molecule has 1 heterocycles. The molecule has 3 rings (SSSR count). The minimum atomic E-state index is 0.257. The SMILES string of the molecule is COc1ccc2c(c1)[nH]c(=S)n2C1CCCC1OC. The third kappa shape index (κ3) is 2.07. The van der Waals surface area contributed by atoms with Crippen molar-refractivity contribution in [1.82, 2.24) is 9.55 Å². The molecule has 0 spiro atoms. The Morgan fingerprint density at radius 3 is 2.89 bits per heavy atom. The molecule has 0 aliphatic heterocycles. The van der Waals surface area contributed by atoms with E-state index < -0.39 is 0 Å². The van der Waals surface area contributed by atoms with Crippen LogP contribution in [0.4, 0.5) is 0 Å². The predicted molar refractivity (Wildman–Crippen MR) is 77.4 cm³/mol. The zero-order chi connectivity index (χ0) is 13.4. The maximum atomic E-state index is 5.59. The van der Waals surface area contributed by atoms with Gasteiger partial charge < -0.3 is 19.0 Å². The Kier molecular flexibility index (Phi) is 3.33. The number of aromatic nitrogens is 2. The van der Waals surface area contributed by atoms with Gasteiger partial charge in [0.2, 0.25) is 0 Å². The predicted octanol–water partition coefficient (Wildman–Crippen LogP) is 3.45. The number of nitrogens with one attached hydrogen (secondary N) is 1. The zero-order valence-corrected chi connectivity index (χ0v) is 12.0. The minimum absolute atomic E-state index is 0.257. The average molecular weight is 278 g/mol. The summed E-state index contributed by atoms with van der Waals surface area (Å²) in [5.41, 5.74) is 2.14. The molecule has 0 bridgehead atoms. The molecule has 5 heteroatoms. The fourth-order valence-corrected chi connectivity index (χ4v) is 3.39. The van der Waals surface area contributed by atoms with E-state index in [1.165, 1.54) is 6.42 Å². The number of aromatic amines is 1. The summed E-state index contributed by atoms with van der Waals surface area (Å²) in [5, 5.41) is 0. The minimum Gasteiger partial charge on any atom is -0.497 e. The summed E-state index contributed by atoms with van der Waals surface area (Å²) < 4.78 is 13.8. The Bertz CT molecular complexity index is 646. The van der Waals surface area contributed by atoms with Gasteiger partial charge in [0.05, 0.1) is 30.3 Å². The van der Waals surface area contributed by atoms with Gasteiger partial charge in [-0.2, -0.15) is 0 Å². The maximum Gasteiger partial charge on any atom is 0.178 e. The van der Waals surface area contributed by atoms with Gasteiger partial charge in [-0.05, 0) is 43.6 Å². The van der Waals surface area contributed by atoms with Crippen molar-refractivity contribution < 1.29 is 9.47 Å². The van der Waals surface area contributed by atoms with Gasteiger partial charge in [0.25, 0.3) is 0 Å². The zero-order valence-electron chi connectivity index (χ0n) is 11.2. The molecule has 0 amide bonds. The van der Waals surface area contributed by atoms with E-state index in [2.05, 4.69) is 15.6 Å². The molecule has 2 unspecified atom stereocenters. The van der Waals surface area contributed by atoms with Crippen LogP contribution in [0.15, 0.2) is 18.2 Å². The van der Waals surface area contributed by atoms with Gasteiger partial charge in [-0.3, -0.25) is 0 Å². The Morgan fingerprint density at radius 1 is 1.32 bits per heavy atom. The number of rotatable bonds is 3. The smallest absolute Gasteiger partial charge is 0.178 e. The van der Waals surface area contributed by atoms with Crippen molar-refractivity contribution in [1.29, 1.82) is 0 Å². The Hall–Kier alpha value is -1.33. The Morgan fingerprint density at radius 2 is 2.16 bits per heavy atom. The third-order valence-corrected chi connectivity index (χ3v) is 4.27. The standard InChI is InChI=1S/C14H18N2O2S/c1-17-9-6-7-11-10(8-9)15-14(19)16(11)12-4-3-5-13(12)18-2/h6-8,12-13H,3-5H2,1-2H3,(H,15,19). The van der Waals surface area contributed by atoms with Crippen LogP contribution in [-0.2, 0) is 4.74 Å². The van der Waals surface area contributed by atoms with Crippen LogP contribution in [0.3, 0.4) is 0 Å². The summed E-state index contributed by atoms with van der Waals surface area (Å²) in [6.07, 6.45) is 3.67. The van der Waals surface area contributed by atoms with Crippen molar-refractivity contribution in [2.45, 2.75) is 31.4 Å². The molecule has 19 heavy (non-hydrogen) atoms. The molecule has 1 aliphatic rings. The van der Waals surface area contributed by atoms with E-state index in [1.54, 1.807) is 14.2 Å². The van der Waals surface area contributed by atoms with Crippen LogP contribution in [0.25, 0.3) is 11.0 Å². The highest BCUT2D eigenvalue weighted by Gasteiger charge is 2.30. The third-order valence-electron chi connectivity index (χ3n) is 3.98. The number of ether oxygens (including phenoxy) is 2. The normalized spacial score (nSPS) is 23.1. The van der Waals surface area contributed by atoms with E-state index in [4.69, 9.17) is 21.7 Å². The molecular formula is C14H18N2O2S. The molecule has 1 aromatic carbocycles. The second-order valence-corrected chi connectivity index (χ2v) is 5.34. The van der Waals surface area contributed by atoms with E-state index in [0.717, 1.165) is 34.4 Å². The highest BCUT2D eigenvalue weighted by atomic mass is 32.1. The summed E-state index contributed by atoms with van der Waals surface area (Å²) in [7, 11) is 3.45. The van der Waals surface area contributed by atoms with Crippen molar-refractivity contribution in [3.05, 3.63) is 23.0 Å². The fraction of sp³-hybridized carbons (Fsp3) is 0.500. The number of benzene rings is 1. The van der Waals surface area contributed by atoms with Crippen LogP contribution in [0.2, 0.25) is 0 Å². The van der Waals surface area contributed by atoms with E-state index in [9.17, 15) is 0 Å². The molecule has 1 saturated carbocycles. The molecule has 2 atom stereocenters. The van der Waals surface area contributed by atoms with Crippen molar-refractivity contribution in [2.75, 3.05) is 14.2 Å². The van der Waals surface area contributed by atoms with Crippen molar-refractivity contribution in [3.8, 4) is 5.75 Å². The van der Waals surface area contributed by atoms with Crippen LogP contribution in [-0.4, -0.2) is 29.9 Å². The van der Waals surface area contributed by atoms with Crippen LogP contribution >= 0.6 is 12.2 Å². The second-order valence-electron chi connectivity index (χ2n) is 4.96. The first-order chi connectivity index (χ1) is 9.24. The molecule has 1 N–H and O–H groups in total. The van der Waals surface area contributed by atoms with Crippen LogP contribution in [0.5, 0.6) is 5.75 Å².